The molecule has 0 fully saturated rings. The molecule has 0 aliphatic rings. The number of hydrogen-bond acceptors (Lipinski definition) is 26. The summed E-state index contributed by atoms with van der Waals surface area (Å²) in [4.78, 5) is 26.0. The predicted molar refractivity (Wildman–Crippen MR) is 179 cm³/mol. The zero-order chi connectivity index (χ0) is 50.9. The van der Waals surface area contributed by atoms with Crippen LogP contribution in [-0.4, -0.2) is 29.9 Å². The number of aromatic nitrogens is 6. The summed E-state index contributed by atoms with van der Waals surface area (Å²) in [5.41, 5.74) is 7.16. The van der Waals surface area contributed by atoms with Gasteiger partial charge in [-0.15, -0.1) is 41.0 Å². The molecule has 6 heterocycles. The predicted octanol–water partition coefficient (Wildman–Crippen LogP) is -12.4. The fourth-order valence-electron chi connectivity index (χ4n) is 4.35. The Morgan fingerprint density at radius 2 is 0.414 bits per heavy atom. The van der Waals surface area contributed by atoms with Gasteiger partial charge in [-0.05, 0) is 72.8 Å². The van der Waals surface area contributed by atoms with Gasteiger partial charge in [-0.3, -0.25) is 29.9 Å². The maximum atomic E-state index is 8.49. The molecule has 6 aromatic heterocycles. The van der Waals surface area contributed by atoms with Crippen molar-refractivity contribution in [1.82, 2.24) is 29.9 Å². The van der Waals surface area contributed by atoms with Crippen LogP contribution in [0.15, 0.2) is 134 Å². The van der Waals surface area contributed by atoms with E-state index in [1.165, 1.54) is 0 Å². The largest absolute Gasteiger partial charge is 2.00 e. The van der Waals surface area contributed by atoms with E-state index in [1.807, 2.05) is 109 Å². The van der Waals surface area contributed by atoms with Gasteiger partial charge in [0.25, 0.3) is 0 Å². The first-order valence-electron chi connectivity index (χ1n) is 18.1. The number of ether oxygens (including phenoxy) is 4. The smallest absolute Gasteiger partial charge is 0.369 e. The number of pyridine rings is 6. The summed E-state index contributed by atoms with van der Waals surface area (Å²) >= 11 is 0. The van der Waals surface area contributed by atoms with Gasteiger partial charge in [-0.25, -0.2) is 74.5 Å². The van der Waals surface area contributed by atoms with Crippen molar-refractivity contribution < 1.29 is 190 Å². The van der Waals surface area contributed by atoms with Crippen LogP contribution < -0.4 is 74.5 Å². The molecule has 0 aliphatic heterocycles. The van der Waals surface area contributed by atoms with Crippen LogP contribution in [0.5, 0.6) is 0 Å². The van der Waals surface area contributed by atoms with Crippen LogP contribution in [0.3, 0.4) is 0 Å². The summed E-state index contributed by atoms with van der Waals surface area (Å²) in [6, 6.07) is 34.8. The molecule has 0 amide bonds. The minimum absolute atomic E-state index is 0. The average Bonchev–Trinajstić information content (AvgIpc) is 3.24. The van der Waals surface area contributed by atoms with Crippen molar-refractivity contribution in [2.24, 2.45) is 0 Å². The van der Waals surface area contributed by atoms with Crippen molar-refractivity contribution in [2.45, 2.75) is 52.9 Å². The van der Waals surface area contributed by atoms with Crippen LogP contribution in [0.1, 0.15) is 45.6 Å². The molecule has 6 aromatic rings. The van der Waals surface area contributed by atoms with E-state index in [-0.39, 0.29) is 55.3 Å². The monoisotopic (exact) mass is 1440 g/mol. The van der Waals surface area contributed by atoms with Gasteiger partial charge in [0, 0.05) is 24.8 Å². The van der Waals surface area contributed by atoms with E-state index in [2.05, 4.69) is 29.9 Å². The number of hydrogen-bond donors (Lipinski definition) is 0. The van der Waals surface area contributed by atoms with Crippen LogP contribution in [0.4, 0.5) is 0 Å². The van der Waals surface area contributed by atoms with Crippen molar-refractivity contribution in [3.63, 3.8) is 0 Å². The number of nitrogens with zero attached hydrogens (tertiary/aromatic N) is 6. The Morgan fingerprint density at radius 3 is 0.571 bits per heavy atom. The van der Waals surface area contributed by atoms with E-state index in [0.29, 0.717) is 52.9 Å². The van der Waals surface area contributed by atoms with Crippen molar-refractivity contribution >= 4 is 0 Å². The molecule has 0 aliphatic carbocycles. The van der Waals surface area contributed by atoms with E-state index < -0.39 is 41.0 Å². The van der Waals surface area contributed by atoms with Crippen LogP contribution in [0.2, 0.25) is 0 Å². The van der Waals surface area contributed by atoms with Crippen LogP contribution in [0, 0.1) is 41.0 Å². The van der Waals surface area contributed by atoms with E-state index in [9.17, 15) is 0 Å². The van der Waals surface area contributed by atoms with E-state index >= 15 is 0 Å². The Labute approximate surface area is 448 Å². The molecule has 6 rings (SSSR count). The number of rotatable bonds is 16. The Morgan fingerprint density at radius 1 is 0.257 bits per heavy atom. The van der Waals surface area contributed by atoms with Crippen molar-refractivity contribution in [3.05, 3.63) is 180 Å². The van der Waals surface area contributed by atoms with Gasteiger partial charge < -0.3 is 18.9 Å². The quantitative estimate of drug-likeness (QED) is 0.0812. The number of halogens is 4. The molecule has 70 heavy (non-hydrogen) atoms. The van der Waals surface area contributed by atoms with Gasteiger partial charge in [0.1, 0.15) is 0 Å². The SMILES string of the molecule is [Hg+2].[Hg+2].[O-][Cl+3]([O-])([O-])[O-].[O-][Cl+3]([O-])([O-])[O-].[O-][Cl+3]([O-])([O-])[O-].[O-][Cl+3]([O-])([O-])[O-].c1ccc(COCc2cccc(COCc3ccccn3)n2)nc1.c1ccc(COCc2cccc(COCc3ccccn3)n2)nc1. The molecule has 0 unspecified atom stereocenters. The fraction of sp³-hybridized carbons (Fsp3) is 0.211. The van der Waals surface area contributed by atoms with Gasteiger partial charge in [0.05, 0.1) is 98.4 Å². The van der Waals surface area contributed by atoms with Crippen molar-refractivity contribution in [3.8, 4) is 0 Å². The second-order valence-electron chi connectivity index (χ2n) is 12.0. The summed E-state index contributed by atoms with van der Waals surface area (Å²) in [6.45, 7) is 3.70. The van der Waals surface area contributed by atoms with Crippen molar-refractivity contribution in [2.75, 3.05) is 0 Å². The fourth-order valence-corrected chi connectivity index (χ4v) is 4.35. The molecule has 0 spiro atoms. The van der Waals surface area contributed by atoms with Gasteiger partial charge in [-0.1, -0.05) is 36.4 Å². The van der Waals surface area contributed by atoms with Gasteiger partial charge >= 0.3 is 55.3 Å². The molecule has 0 saturated carbocycles. The van der Waals surface area contributed by atoms with Crippen LogP contribution in [0.25, 0.3) is 0 Å². The molecular weight excluding hydrogens is 1400 g/mol. The standard InChI is InChI=1S/2C19H19N3O2.4ClHO4.2Hg/c2*1-3-10-20-16(6-1)12-23-14-18-8-5-9-19(22-18)15-24-13-17-7-2-4-11-21-17;4*2-1(3,4)5;;/h2*1-11H,12-15H2;4*(H,2,3,4,5);;/q;;;;;;2*+2/p-4. The Kier molecular flexibility index (Phi) is 38.3. The molecule has 0 saturated heterocycles. The first-order chi connectivity index (χ1) is 31.8. The third kappa shape index (κ3) is 50.1. The second-order valence-corrected chi connectivity index (χ2v) is 15.0. The molecule has 0 atom stereocenters. The maximum absolute atomic E-state index is 8.49. The van der Waals surface area contributed by atoms with Crippen LogP contribution >= 0.6 is 0 Å². The van der Waals surface area contributed by atoms with Crippen LogP contribution in [-0.2, 0) is 127 Å². The summed E-state index contributed by atoms with van der Waals surface area (Å²) in [5, 5.41) is 0. The van der Waals surface area contributed by atoms with Gasteiger partial charge in [0.2, 0.25) is 0 Å². The van der Waals surface area contributed by atoms with E-state index in [0.717, 1.165) is 45.6 Å². The van der Waals surface area contributed by atoms with Crippen molar-refractivity contribution in [1.29, 1.82) is 0 Å². The summed E-state index contributed by atoms with van der Waals surface area (Å²) < 4.78 is 159. The Balaban J connectivity index is 0. The zero-order valence-electron chi connectivity index (χ0n) is 36.1. The van der Waals surface area contributed by atoms with E-state index in [1.54, 1.807) is 24.8 Å². The topological polar surface area (TPSA) is 483 Å². The minimum Gasteiger partial charge on any atom is -0.369 e. The Bertz CT molecular complexity index is 1860. The average molecular weight is 1440 g/mol. The molecule has 32 heteroatoms. The third-order valence-electron chi connectivity index (χ3n) is 6.63. The molecule has 0 aromatic carbocycles. The summed E-state index contributed by atoms with van der Waals surface area (Å²) in [6.07, 6.45) is 7.04. The molecular formula is C38H38Cl4Hg2N6O20. The maximum Gasteiger partial charge on any atom is 2.00 e. The first kappa shape index (κ1) is 69.2. The zero-order valence-corrected chi connectivity index (χ0v) is 50.2. The normalized spacial score (nSPS) is 10.7. The van der Waals surface area contributed by atoms with Gasteiger partial charge in [0.15, 0.2) is 0 Å². The molecule has 0 bridgehead atoms. The Hall–Kier alpha value is -2.87. The summed E-state index contributed by atoms with van der Waals surface area (Å²) in [5.74, 6) is 0. The molecule has 0 N–H and O–H groups in total. The summed E-state index contributed by atoms with van der Waals surface area (Å²) in [7, 11) is -19.8. The minimum atomic E-state index is -4.94. The molecule has 26 nitrogen and oxygen atoms in total. The molecule has 372 valence electrons. The third-order valence-corrected chi connectivity index (χ3v) is 6.63. The molecule has 0 radical (unpaired) electrons. The van der Waals surface area contributed by atoms with Gasteiger partial charge in [-0.2, -0.15) is 0 Å². The second kappa shape index (κ2) is 38.7. The first-order valence-corrected chi connectivity index (χ1v) is 23.0. The van der Waals surface area contributed by atoms with E-state index in [4.69, 9.17) is 93.5 Å².